The van der Waals surface area contributed by atoms with Crippen LogP contribution in [0.2, 0.25) is 10.0 Å². The van der Waals surface area contributed by atoms with Gasteiger partial charge in [-0.25, -0.2) is 5.48 Å². The molecule has 0 saturated carbocycles. The Morgan fingerprint density at radius 3 is 2.20 bits per heavy atom. The van der Waals surface area contributed by atoms with Crippen molar-refractivity contribution < 1.29 is 23.9 Å². The van der Waals surface area contributed by atoms with Gasteiger partial charge in [-0.05, 0) is 55.0 Å². The number of ether oxygens (including phenoxy) is 2. The van der Waals surface area contributed by atoms with Crippen molar-refractivity contribution in [1.29, 1.82) is 0 Å². The molecule has 1 aliphatic rings. The molecule has 1 unspecified atom stereocenters. The molecule has 0 spiro atoms. The Kier molecular flexibility index (Phi) is 8.19. The number of likely N-dealkylation sites (tertiary alicyclic amines) is 1. The second-order valence-electron chi connectivity index (χ2n) is 6.69. The van der Waals surface area contributed by atoms with Crippen molar-refractivity contribution in [1.82, 2.24) is 10.4 Å². The second-order valence-corrected chi connectivity index (χ2v) is 7.56. The fourth-order valence-electron chi connectivity index (χ4n) is 2.85. The van der Waals surface area contributed by atoms with Crippen LogP contribution in [0.3, 0.4) is 0 Å². The molecule has 1 saturated heterocycles. The molecule has 160 valence electrons. The van der Waals surface area contributed by atoms with Gasteiger partial charge in [-0.1, -0.05) is 23.2 Å². The van der Waals surface area contributed by atoms with Gasteiger partial charge in [-0.3, -0.25) is 14.4 Å². The average molecular weight is 453 g/mol. The van der Waals surface area contributed by atoms with Gasteiger partial charge in [0.15, 0.2) is 6.61 Å². The van der Waals surface area contributed by atoms with E-state index in [1.807, 2.05) is 0 Å². The van der Waals surface area contributed by atoms with Gasteiger partial charge < -0.3 is 14.4 Å². The Hall–Kier alpha value is -2.48. The third kappa shape index (κ3) is 7.09. The molecule has 2 aromatic rings. The lowest BCUT2D eigenvalue weighted by Crippen LogP contribution is -2.36. The summed E-state index contributed by atoms with van der Waals surface area (Å²) in [6.07, 6.45) is 0.643. The maximum atomic E-state index is 12.3. The fraction of sp³-hybridized carbons (Fsp3) is 0.333. The highest BCUT2D eigenvalue weighted by atomic mass is 35.5. The van der Waals surface area contributed by atoms with Crippen LogP contribution >= 0.6 is 23.2 Å². The number of carbonyl (C=O) groups excluding carboxylic acids is 2. The molecule has 30 heavy (non-hydrogen) atoms. The van der Waals surface area contributed by atoms with E-state index in [2.05, 4.69) is 5.48 Å². The van der Waals surface area contributed by atoms with Crippen LogP contribution in [-0.2, 0) is 14.4 Å². The number of nitrogens with one attached hydrogen (secondary N) is 1. The van der Waals surface area contributed by atoms with Gasteiger partial charge in [0.1, 0.15) is 17.6 Å². The van der Waals surface area contributed by atoms with E-state index in [1.54, 1.807) is 53.4 Å². The largest absolute Gasteiger partial charge is 0.493 e. The van der Waals surface area contributed by atoms with E-state index < -0.39 is 5.91 Å². The molecule has 7 nitrogen and oxygen atoms in total. The number of hydroxylamine groups is 1. The maximum absolute atomic E-state index is 12.3. The van der Waals surface area contributed by atoms with E-state index in [0.29, 0.717) is 41.1 Å². The Balaban J connectivity index is 1.30. The molecule has 1 N–H and O–H groups in total. The van der Waals surface area contributed by atoms with Crippen LogP contribution in [-0.4, -0.2) is 49.1 Å². The summed E-state index contributed by atoms with van der Waals surface area (Å²) in [5.74, 6) is 0.768. The number of halogens is 2. The molecular formula is C21H22Cl2N2O5. The lowest BCUT2D eigenvalue weighted by atomic mass is 10.3. The minimum absolute atomic E-state index is 0.0209. The van der Waals surface area contributed by atoms with E-state index >= 15 is 0 Å². The van der Waals surface area contributed by atoms with Crippen molar-refractivity contribution in [3.63, 3.8) is 0 Å². The third-order valence-corrected chi connectivity index (χ3v) is 4.92. The van der Waals surface area contributed by atoms with Crippen LogP contribution in [0.4, 0.5) is 0 Å². The van der Waals surface area contributed by atoms with Crippen molar-refractivity contribution in [2.75, 3.05) is 26.3 Å². The van der Waals surface area contributed by atoms with Gasteiger partial charge in [0.2, 0.25) is 5.91 Å². The molecule has 0 radical (unpaired) electrons. The third-order valence-electron chi connectivity index (χ3n) is 4.42. The van der Waals surface area contributed by atoms with Crippen molar-refractivity contribution in [3.05, 3.63) is 58.6 Å². The number of hydrogen-bond donors (Lipinski definition) is 1. The van der Waals surface area contributed by atoms with Crippen LogP contribution in [0.25, 0.3) is 0 Å². The number of rotatable bonds is 9. The number of nitrogens with zero attached hydrogens (tertiary/aromatic N) is 1. The average Bonchev–Trinajstić information content (AvgIpc) is 3.22. The topological polar surface area (TPSA) is 77.1 Å². The van der Waals surface area contributed by atoms with Gasteiger partial charge in [-0.2, -0.15) is 0 Å². The molecule has 1 heterocycles. The smallest absolute Gasteiger partial charge is 0.281 e. The first-order valence-corrected chi connectivity index (χ1v) is 10.2. The van der Waals surface area contributed by atoms with E-state index in [9.17, 15) is 9.59 Å². The van der Waals surface area contributed by atoms with Crippen LogP contribution in [0.15, 0.2) is 48.5 Å². The molecule has 0 aliphatic carbocycles. The van der Waals surface area contributed by atoms with E-state index in [1.165, 1.54) is 0 Å². The zero-order valence-corrected chi connectivity index (χ0v) is 17.7. The lowest BCUT2D eigenvalue weighted by Gasteiger charge is -2.17. The van der Waals surface area contributed by atoms with E-state index in [-0.39, 0.29) is 31.6 Å². The first-order valence-electron chi connectivity index (χ1n) is 9.48. The molecular weight excluding hydrogens is 431 g/mol. The van der Waals surface area contributed by atoms with Crippen molar-refractivity contribution in [2.24, 2.45) is 0 Å². The zero-order valence-electron chi connectivity index (χ0n) is 16.2. The second kappa shape index (κ2) is 11.1. The molecule has 1 aliphatic heterocycles. The molecule has 1 atom stereocenters. The van der Waals surface area contributed by atoms with Crippen LogP contribution in [0.1, 0.15) is 12.8 Å². The molecule has 1 fully saturated rings. The Morgan fingerprint density at radius 2 is 1.57 bits per heavy atom. The first-order chi connectivity index (χ1) is 14.5. The number of hydrogen-bond acceptors (Lipinski definition) is 5. The maximum Gasteiger partial charge on any atom is 0.281 e. The highest BCUT2D eigenvalue weighted by Gasteiger charge is 2.27. The Morgan fingerprint density at radius 1 is 0.967 bits per heavy atom. The predicted molar refractivity (Wildman–Crippen MR) is 113 cm³/mol. The first kappa shape index (κ1) is 22.2. The van der Waals surface area contributed by atoms with Gasteiger partial charge >= 0.3 is 0 Å². The number of benzene rings is 2. The Labute approximate surface area is 184 Å². The van der Waals surface area contributed by atoms with Crippen LogP contribution in [0, 0.1) is 0 Å². The fourth-order valence-corrected chi connectivity index (χ4v) is 3.11. The van der Waals surface area contributed by atoms with E-state index in [0.717, 1.165) is 0 Å². The van der Waals surface area contributed by atoms with Gasteiger partial charge in [0, 0.05) is 23.1 Å². The lowest BCUT2D eigenvalue weighted by molar-refractivity contribution is -0.140. The summed E-state index contributed by atoms with van der Waals surface area (Å²) in [6.45, 7) is 1.08. The van der Waals surface area contributed by atoms with Gasteiger partial charge in [-0.15, -0.1) is 0 Å². The number of carbonyl (C=O) groups is 2. The Bertz CT molecular complexity index is 845. The molecule has 0 bridgehead atoms. The predicted octanol–water partition coefficient (Wildman–Crippen LogP) is 3.49. The number of amides is 2. The van der Waals surface area contributed by atoms with Crippen LogP contribution in [0.5, 0.6) is 11.5 Å². The highest BCUT2D eigenvalue weighted by molar-refractivity contribution is 6.30. The summed E-state index contributed by atoms with van der Waals surface area (Å²) in [6, 6.07) is 13.7. The molecule has 9 heteroatoms. The molecule has 3 rings (SSSR count). The minimum Gasteiger partial charge on any atom is -0.493 e. The monoisotopic (exact) mass is 452 g/mol. The van der Waals surface area contributed by atoms with Crippen molar-refractivity contribution in [3.8, 4) is 11.5 Å². The summed E-state index contributed by atoms with van der Waals surface area (Å²) in [4.78, 5) is 31.3. The van der Waals surface area contributed by atoms with Gasteiger partial charge in [0.25, 0.3) is 5.91 Å². The summed E-state index contributed by atoms with van der Waals surface area (Å²) < 4.78 is 10.9. The zero-order chi connectivity index (χ0) is 21.3. The summed E-state index contributed by atoms with van der Waals surface area (Å²) >= 11 is 11.6. The molecule has 0 aromatic heterocycles. The van der Waals surface area contributed by atoms with Gasteiger partial charge in [0.05, 0.1) is 13.0 Å². The molecule has 2 aromatic carbocycles. The van der Waals surface area contributed by atoms with Crippen LogP contribution < -0.4 is 15.0 Å². The highest BCUT2D eigenvalue weighted by Crippen LogP contribution is 2.17. The van der Waals surface area contributed by atoms with E-state index in [4.69, 9.17) is 37.5 Å². The standard InChI is InChI=1S/C21H22Cl2N2O5/c22-15-1-5-17(6-2-15)28-12-10-21(27)25-11-9-19(13-25)30-24-20(26)14-29-18-7-3-16(23)4-8-18/h1-8,19H,9-14H2,(H,24,26). The minimum atomic E-state index is -0.411. The van der Waals surface area contributed by atoms with Crippen molar-refractivity contribution in [2.45, 2.75) is 18.9 Å². The summed E-state index contributed by atoms with van der Waals surface area (Å²) in [7, 11) is 0. The SMILES string of the molecule is O=C(COc1ccc(Cl)cc1)NOC1CCN(C(=O)CCOc2ccc(Cl)cc2)C1. The quantitative estimate of drug-likeness (QED) is 0.589. The normalized spacial score (nSPS) is 15.7. The molecule has 2 amide bonds. The van der Waals surface area contributed by atoms with Crippen molar-refractivity contribution >= 4 is 35.0 Å². The summed E-state index contributed by atoms with van der Waals surface area (Å²) in [5, 5.41) is 1.22. The summed E-state index contributed by atoms with van der Waals surface area (Å²) in [5.41, 5.74) is 2.37.